The molecule has 2 aliphatic rings. The lowest BCUT2D eigenvalue weighted by Crippen LogP contribution is -2.22. The van der Waals surface area contributed by atoms with Crippen molar-refractivity contribution in [3.63, 3.8) is 0 Å². The Morgan fingerprint density at radius 2 is 1.21 bits per heavy atom. The van der Waals surface area contributed by atoms with Crippen LogP contribution in [0, 0.1) is 0 Å². The summed E-state index contributed by atoms with van der Waals surface area (Å²) in [4.78, 5) is 23.6. The highest BCUT2D eigenvalue weighted by atomic mass is 16.1. The number of Topliss-reactive ketones (excluding diaryl/α,β-unsaturated/α-hetero) is 2. The summed E-state index contributed by atoms with van der Waals surface area (Å²) < 4.78 is 0. The molecule has 0 saturated carbocycles. The molecule has 0 spiro atoms. The van der Waals surface area contributed by atoms with Gasteiger partial charge in [0.1, 0.15) is 0 Å². The minimum absolute atomic E-state index is 0.0569. The summed E-state index contributed by atoms with van der Waals surface area (Å²) in [5.41, 5.74) is 2.65. The standard InChI is InChI=1S/C12H12O2/c1-7-8(2)12(14)10-6-4-3-5-9(10)11(7)13/h3-4H,5-6H2,1-2H3. The highest BCUT2D eigenvalue weighted by Gasteiger charge is 2.29. The van der Waals surface area contributed by atoms with Crippen molar-refractivity contribution in [2.45, 2.75) is 26.7 Å². The second kappa shape index (κ2) is 3.05. The minimum Gasteiger partial charge on any atom is -0.289 e. The average molecular weight is 188 g/mol. The van der Waals surface area contributed by atoms with Crippen molar-refractivity contribution in [2.75, 3.05) is 0 Å². The fourth-order valence-electron chi connectivity index (χ4n) is 1.90. The molecular formula is C12H12O2. The highest BCUT2D eigenvalue weighted by molar-refractivity contribution is 6.25. The number of rotatable bonds is 0. The first-order chi connectivity index (χ1) is 6.63. The monoisotopic (exact) mass is 188 g/mol. The average Bonchev–Trinajstić information content (AvgIpc) is 2.23. The molecule has 0 saturated heterocycles. The first-order valence-electron chi connectivity index (χ1n) is 4.77. The summed E-state index contributed by atoms with van der Waals surface area (Å²) in [6.07, 6.45) is 5.14. The summed E-state index contributed by atoms with van der Waals surface area (Å²) in [6.45, 7) is 3.47. The van der Waals surface area contributed by atoms with E-state index in [2.05, 4.69) is 0 Å². The van der Waals surface area contributed by atoms with Gasteiger partial charge >= 0.3 is 0 Å². The number of hydrogen-bond donors (Lipinski definition) is 0. The van der Waals surface area contributed by atoms with Crippen LogP contribution in [-0.4, -0.2) is 11.6 Å². The summed E-state index contributed by atoms with van der Waals surface area (Å²) >= 11 is 0. The van der Waals surface area contributed by atoms with Crippen LogP contribution in [0.2, 0.25) is 0 Å². The third-order valence-corrected chi connectivity index (χ3v) is 2.97. The molecular weight excluding hydrogens is 176 g/mol. The second-order valence-corrected chi connectivity index (χ2v) is 3.75. The van der Waals surface area contributed by atoms with E-state index < -0.39 is 0 Å². The van der Waals surface area contributed by atoms with E-state index in [9.17, 15) is 9.59 Å². The molecule has 0 aromatic heterocycles. The predicted octanol–water partition coefficient (Wildman–Crippen LogP) is 2.12. The molecule has 0 unspecified atom stereocenters. The van der Waals surface area contributed by atoms with Crippen LogP contribution in [0.3, 0.4) is 0 Å². The lowest BCUT2D eigenvalue weighted by molar-refractivity contribution is -0.116. The zero-order valence-corrected chi connectivity index (χ0v) is 8.39. The number of ketones is 2. The fourth-order valence-corrected chi connectivity index (χ4v) is 1.90. The third-order valence-electron chi connectivity index (χ3n) is 2.97. The van der Waals surface area contributed by atoms with Crippen molar-refractivity contribution >= 4 is 11.6 Å². The Hall–Kier alpha value is -1.44. The molecule has 0 heterocycles. The van der Waals surface area contributed by atoms with E-state index in [0.717, 1.165) is 0 Å². The Labute approximate surface area is 83.0 Å². The number of carbonyl (C=O) groups excluding carboxylic acids is 2. The molecule has 72 valence electrons. The topological polar surface area (TPSA) is 34.1 Å². The highest BCUT2D eigenvalue weighted by Crippen LogP contribution is 2.30. The molecule has 0 atom stereocenters. The molecule has 2 rings (SSSR count). The van der Waals surface area contributed by atoms with Gasteiger partial charge in [-0.05, 0) is 26.7 Å². The molecule has 0 amide bonds. The van der Waals surface area contributed by atoms with Gasteiger partial charge in [-0.2, -0.15) is 0 Å². The summed E-state index contributed by atoms with van der Waals surface area (Å²) in [5.74, 6) is 0.114. The maximum absolute atomic E-state index is 11.8. The van der Waals surface area contributed by atoms with Crippen LogP contribution < -0.4 is 0 Å². The van der Waals surface area contributed by atoms with Gasteiger partial charge in [-0.15, -0.1) is 0 Å². The lowest BCUT2D eigenvalue weighted by Gasteiger charge is -2.21. The van der Waals surface area contributed by atoms with E-state index in [0.29, 0.717) is 35.1 Å². The van der Waals surface area contributed by atoms with Gasteiger partial charge in [-0.1, -0.05) is 12.2 Å². The van der Waals surface area contributed by atoms with Crippen LogP contribution in [0.5, 0.6) is 0 Å². The molecule has 0 fully saturated rings. The predicted molar refractivity (Wildman–Crippen MR) is 53.8 cm³/mol. The molecule has 0 aromatic rings. The summed E-state index contributed by atoms with van der Waals surface area (Å²) in [6, 6.07) is 0. The van der Waals surface area contributed by atoms with Gasteiger partial charge in [-0.3, -0.25) is 9.59 Å². The van der Waals surface area contributed by atoms with E-state index in [1.807, 2.05) is 12.2 Å². The number of allylic oxidation sites excluding steroid dienone is 6. The van der Waals surface area contributed by atoms with Crippen LogP contribution in [0.1, 0.15) is 26.7 Å². The van der Waals surface area contributed by atoms with Gasteiger partial charge in [0.2, 0.25) is 0 Å². The van der Waals surface area contributed by atoms with E-state index in [1.165, 1.54) is 0 Å². The van der Waals surface area contributed by atoms with Gasteiger partial charge < -0.3 is 0 Å². The Morgan fingerprint density at radius 1 is 0.857 bits per heavy atom. The minimum atomic E-state index is 0.0569. The molecule has 2 nitrogen and oxygen atoms in total. The summed E-state index contributed by atoms with van der Waals surface area (Å²) in [5, 5.41) is 0. The Kier molecular flexibility index (Phi) is 1.99. The zero-order valence-electron chi connectivity index (χ0n) is 8.39. The van der Waals surface area contributed by atoms with Crippen LogP contribution in [0.15, 0.2) is 34.4 Å². The number of carbonyl (C=O) groups is 2. The van der Waals surface area contributed by atoms with Crippen molar-refractivity contribution in [3.8, 4) is 0 Å². The van der Waals surface area contributed by atoms with Gasteiger partial charge in [0.15, 0.2) is 11.6 Å². The molecule has 14 heavy (non-hydrogen) atoms. The molecule has 0 N–H and O–H groups in total. The molecule has 0 aliphatic heterocycles. The van der Waals surface area contributed by atoms with Crippen LogP contribution in [0.25, 0.3) is 0 Å². The van der Waals surface area contributed by atoms with Gasteiger partial charge in [0.05, 0.1) is 0 Å². The normalized spacial score (nSPS) is 21.9. The largest absolute Gasteiger partial charge is 0.289 e. The van der Waals surface area contributed by atoms with Crippen LogP contribution >= 0.6 is 0 Å². The molecule has 2 heteroatoms. The lowest BCUT2D eigenvalue weighted by atomic mass is 9.80. The van der Waals surface area contributed by atoms with E-state index >= 15 is 0 Å². The Balaban J connectivity index is 2.52. The SMILES string of the molecule is CC1=C(C)C(=O)C2=C(CC=CC2)C1=O. The van der Waals surface area contributed by atoms with E-state index in [4.69, 9.17) is 0 Å². The maximum atomic E-state index is 11.8. The summed E-state index contributed by atoms with van der Waals surface area (Å²) in [7, 11) is 0. The number of hydrogen-bond acceptors (Lipinski definition) is 2. The molecule has 0 radical (unpaired) electrons. The van der Waals surface area contributed by atoms with Crippen LogP contribution in [-0.2, 0) is 9.59 Å². The maximum Gasteiger partial charge on any atom is 0.185 e. The Bertz CT molecular complexity index is 382. The quantitative estimate of drug-likeness (QED) is 0.431. The third kappa shape index (κ3) is 1.10. The fraction of sp³-hybridized carbons (Fsp3) is 0.333. The Morgan fingerprint density at radius 3 is 1.57 bits per heavy atom. The van der Waals surface area contributed by atoms with Crippen LogP contribution in [0.4, 0.5) is 0 Å². The van der Waals surface area contributed by atoms with Crippen molar-refractivity contribution in [2.24, 2.45) is 0 Å². The van der Waals surface area contributed by atoms with Crippen molar-refractivity contribution in [1.82, 2.24) is 0 Å². The van der Waals surface area contributed by atoms with E-state index in [1.54, 1.807) is 13.8 Å². The van der Waals surface area contributed by atoms with Gasteiger partial charge in [0, 0.05) is 22.3 Å². The van der Waals surface area contributed by atoms with Crippen molar-refractivity contribution < 1.29 is 9.59 Å². The first-order valence-corrected chi connectivity index (χ1v) is 4.77. The zero-order chi connectivity index (χ0) is 10.3. The van der Waals surface area contributed by atoms with Crippen molar-refractivity contribution in [1.29, 1.82) is 0 Å². The van der Waals surface area contributed by atoms with E-state index in [-0.39, 0.29) is 11.6 Å². The van der Waals surface area contributed by atoms with Gasteiger partial charge in [-0.25, -0.2) is 0 Å². The molecule has 2 aliphatic carbocycles. The second-order valence-electron chi connectivity index (χ2n) is 3.75. The first kappa shape index (κ1) is 9.13. The van der Waals surface area contributed by atoms with Crippen molar-refractivity contribution in [3.05, 3.63) is 34.4 Å². The van der Waals surface area contributed by atoms with Gasteiger partial charge in [0.25, 0.3) is 0 Å². The molecule has 0 bridgehead atoms. The molecule has 0 aromatic carbocycles. The smallest absolute Gasteiger partial charge is 0.185 e.